The lowest BCUT2D eigenvalue weighted by atomic mass is 10.1. The van der Waals surface area contributed by atoms with Crippen molar-refractivity contribution in [2.24, 2.45) is 5.10 Å². The summed E-state index contributed by atoms with van der Waals surface area (Å²) in [6, 6.07) is 21.1. The summed E-state index contributed by atoms with van der Waals surface area (Å²) in [6.07, 6.45) is 0.0752. The molecule has 0 aromatic heterocycles. The molecular formula is C23H23N3O3. The predicted octanol–water partition coefficient (Wildman–Crippen LogP) is 4.05. The van der Waals surface area contributed by atoms with E-state index in [0.717, 1.165) is 22.0 Å². The maximum atomic E-state index is 12.2. The van der Waals surface area contributed by atoms with Crippen molar-refractivity contribution in [1.29, 1.82) is 0 Å². The monoisotopic (exact) mass is 389 g/mol. The summed E-state index contributed by atoms with van der Waals surface area (Å²) in [4.78, 5) is 24.1. The highest BCUT2D eigenvalue weighted by molar-refractivity contribution is 6.06. The van der Waals surface area contributed by atoms with Gasteiger partial charge in [-0.2, -0.15) is 5.10 Å². The van der Waals surface area contributed by atoms with Crippen molar-refractivity contribution < 1.29 is 14.3 Å². The van der Waals surface area contributed by atoms with E-state index in [1.54, 1.807) is 13.0 Å². The smallest absolute Gasteiger partial charge is 0.277 e. The Kier molecular flexibility index (Phi) is 6.58. The Labute approximate surface area is 169 Å². The average Bonchev–Trinajstić information content (AvgIpc) is 2.71. The van der Waals surface area contributed by atoms with E-state index in [-0.39, 0.29) is 24.8 Å². The van der Waals surface area contributed by atoms with Crippen LogP contribution in [0, 0.1) is 6.92 Å². The van der Waals surface area contributed by atoms with Crippen LogP contribution in [0.15, 0.2) is 71.8 Å². The van der Waals surface area contributed by atoms with Gasteiger partial charge in [0.2, 0.25) is 5.91 Å². The van der Waals surface area contributed by atoms with Crippen molar-refractivity contribution in [2.75, 3.05) is 11.9 Å². The van der Waals surface area contributed by atoms with Crippen LogP contribution in [0.4, 0.5) is 5.69 Å². The van der Waals surface area contributed by atoms with Crippen LogP contribution in [0.25, 0.3) is 10.8 Å². The minimum absolute atomic E-state index is 0.0752. The summed E-state index contributed by atoms with van der Waals surface area (Å²) in [5, 5.41) is 8.98. The van der Waals surface area contributed by atoms with Gasteiger partial charge in [0.15, 0.2) is 6.61 Å². The first-order chi connectivity index (χ1) is 14.0. The number of para-hydroxylation sites is 1. The molecule has 0 unspecified atom stereocenters. The lowest BCUT2D eigenvalue weighted by molar-refractivity contribution is -0.123. The fourth-order valence-electron chi connectivity index (χ4n) is 2.80. The lowest BCUT2D eigenvalue weighted by Gasteiger charge is -2.08. The highest BCUT2D eigenvalue weighted by Gasteiger charge is 2.07. The second-order valence-electron chi connectivity index (χ2n) is 6.72. The number of ether oxygens (including phenoxy) is 1. The summed E-state index contributed by atoms with van der Waals surface area (Å²) < 4.78 is 5.47. The zero-order valence-electron chi connectivity index (χ0n) is 16.4. The molecule has 29 heavy (non-hydrogen) atoms. The summed E-state index contributed by atoms with van der Waals surface area (Å²) in [6.45, 7) is 3.44. The number of hydrogen-bond acceptors (Lipinski definition) is 4. The third-order valence-corrected chi connectivity index (χ3v) is 4.27. The maximum Gasteiger partial charge on any atom is 0.277 e. The van der Waals surface area contributed by atoms with Crippen LogP contribution in [-0.4, -0.2) is 24.1 Å². The molecule has 3 aromatic rings. The fraction of sp³-hybridized carbons (Fsp3) is 0.174. The van der Waals surface area contributed by atoms with E-state index in [4.69, 9.17) is 4.74 Å². The molecule has 2 N–H and O–H groups in total. The molecule has 0 aliphatic rings. The Bertz CT molecular complexity index is 1060. The molecule has 3 rings (SSSR count). The second kappa shape index (κ2) is 9.50. The molecule has 0 aliphatic carbocycles. The van der Waals surface area contributed by atoms with Crippen molar-refractivity contribution in [3.63, 3.8) is 0 Å². The molecule has 0 radical (unpaired) electrons. The minimum Gasteiger partial charge on any atom is -0.483 e. The number of carbonyl (C=O) groups is 2. The molecule has 3 aromatic carbocycles. The van der Waals surface area contributed by atoms with Crippen molar-refractivity contribution in [3.8, 4) is 5.75 Å². The SMILES string of the molecule is CC(CC(=O)Nc1ccc2ccccc2c1)=NNC(=O)COc1ccccc1C. The van der Waals surface area contributed by atoms with Gasteiger partial charge in [-0.1, -0.05) is 48.5 Å². The van der Waals surface area contributed by atoms with Gasteiger partial charge in [-0.3, -0.25) is 9.59 Å². The molecule has 6 nitrogen and oxygen atoms in total. The van der Waals surface area contributed by atoms with Crippen molar-refractivity contribution in [3.05, 3.63) is 72.3 Å². The highest BCUT2D eigenvalue weighted by Crippen LogP contribution is 2.19. The number of nitrogens with one attached hydrogen (secondary N) is 2. The van der Waals surface area contributed by atoms with E-state index < -0.39 is 0 Å². The van der Waals surface area contributed by atoms with Gasteiger partial charge in [-0.05, 0) is 48.4 Å². The molecule has 0 bridgehead atoms. The predicted molar refractivity (Wildman–Crippen MR) is 115 cm³/mol. The van der Waals surface area contributed by atoms with Crippen LogP contribution in [-0.2, 0) is 9.59 Å². The summed E-state index contributed by atoms with van der Waals surface area (Å²) in [5.41, 5.74) is 4.57. The van der Waals surface area contributed by atoms with E-state index >= 15 is 0 Å². The average molecular weight is 389 g/mol. The quantitative estimate of drug-likeness (QED) is 0.473. The molecule has 0 heterocycles. The first-order valence-corrected chi connectivity index (χ1v) is 9.30. The number of rotatable bonds is 7. The standard InChI is InChI=1S/C23H23N3O3/c1-16-7-3-6-10-21(16)29-15-23(28)26-25-17(2)13-22(27)24-20-12-11-18-8-4-5-9-19(18)14-20/h3-12,14H,13,15H2,1-2H3,(H,24,27)(H,26,28). The van der Waals surface area contributed by atoms with Crippen LogP contribution in [0.2, 0.25) is 0 Å². The summed E-state index contributed by atoms with van der Waals surface area (Å²) >= 11 is 0. The van der Waals surface area contributed by atoms with E-state index in [1.165, 1.54) is 0 Å². The number of hydrogen-bond donors (Lipinski definition) is 2. The van der Waals surface area contributed by atoms with Gasteiger partial charge in [0, 0.05) is 11.4 Å². The minimum atomic E-state index is -0.387. The van der Waals surface area contributed by atoms with Crippen LogP contribution in [0.1, 0.15) is 18.9 Å². The van der Waals surface area contributed by atoms with Gasteiger partial charge in [-0.15, -0.1) is 0 Å². The molecule has 2 amide bonds. The Morgan fingerprint density at radius 3 is 2.45 bits per heavy atom. The third-order valence-electron chi connectivity index (χ3n) is 4.27. The van der Waals surface area contributed by atoms with Gasteiger partial charge in [0.05, 0.1) is 6.42 Å². The third kappa shape index (κ3) is 5.90. The van der Waals surface area contributed by atoms with Crippen LogP contribution in [0.3, 0.4) is 0 Å². The number of hydrazone groups is 1. The molecular weight excluding hydrogens is 366 g/mol. The highest BCUT2D eigenvalue weighted by atomic mass is 16.5. The second-order valence-corrected chi connectivity index (χ2v) is 6.72. The topological polar surface area (TPSA) is 79.8 Å². The number of aryl methyl sites for hydroxylation is 1. The van der Waals surface area contributed by atoms with E-state index in [2.05, 4.69) is 15.8 Å². The Morgan fingerprint density at radius 2 is 1.66 bits per heavy atom. The lowest BCUT2D eigenvalue weighted by Crippen LogP contribution is -2.26. The van der Waals surface area contributed by atoms with Crippen LogP contribution < -0.4 is 15.5 Å². The largest absolute Gasteiger partial charge is 0.483 e. The summed E-state index contributed by atoms with van der Waals surface area (Å²) in [7, 11) is 0. The molecule has 0 saturated carbocycles. The summed E-state index contributed by atoms with van der Waals surface area (Å²) in [5.74, 6) is 0.0626. The van der Waals surface area contributed by atoms with Gasteiger partial charge in [0.1, 0.15) is 5.75 Å². The van der Waals surface area contributed by atoms with Crippen LogP contribution in [0.5, 0.6) is 5.75 Å². The van der Waals surface area contributed by atoms with E-state index in [1.807, 2.05) is 67.6 Å². The number of nitrogens with zero attached hydrogens (tertiary/aromatic N) is 1. The van der Waals surface area contributed by atoms with E-state index in [0.29, 0.717) is 11.5 Å². The Morgan fingerprint density at radius 1 is 0.931 bits per heavy atom. The van der Waals surface area contributed by atoms with Crippen LogP contribution >= 0.6 is 0 Å². The number of amides is 2. The molecule has 0 aliphatic heterocycles. The molecule has 0 fully saturated rings. The fourth-order valence-corrected chi connectivity index (χ4v) is 2.80. The van der Waals surface area contributed by atoms with Gasteiger partial charge < -0.3 is 10.1 Å². The van der Waals surface area contributed by atoms with Crippen molar-refractivity contribution >= 4 is 34.0 Å². The molecule has 0 spiro atoms. The molecule has 0 saturated heterocycles. The number of fused-ring (bicyclic) bond motifs is 1. The van der Waals surface area contributed by atoms with Gasteiger partial charge >= 0.3 is 0 Å². The van der Waals surface area contributed by atoms with Crippen molar-refractivity contribution in [1.82, 2.24) is 5.43 Å². The normalized spacial score (nSPS) is 11.2. The maximum absolute atomic E-state index is 12.2. The van der Waals surface area contributed by atoms with Gasteiger partial charge in [0.25, 0.3) is 5.91 Å². The number of benzene rings is 3. The zero-order valence-corrected chi connectivity index (χ0v) is 16.4. The van der Waals surface area contributed by atoms with Gasteiger partial charge in [-0.25, -0.2) is 5.43 Å². The first kappa shape index (κ1) is 20.1. The number of carbonyl (C=O) groups excluding carboxylic acids is 2. The number of anilines is 1. The van der Waals surface area contributed by atoms with Crippen molar-refractivity contribution in [2.45, 2.75) is 20.3 Å². The molecule has 6 heteroatoms. The molecule has 148 valence electrons. The Hall–Kier alpha value is -3.67. The first-order valence-electron chi connectivity index (χ1n) is 9.30. The van der Waals surface area contributed by atoms with E-state index in [9.17, 15) is 9.59 Å². The molecule has 0 atom stereocenters. The Balaban J connectivity index is 1.47. The zero-order chi connectivity index (χ0) is 20.6.